The number of halogens is 1. The van der Waals surface area contributed by atoms with Gasteiger partial charge in [0.25, 0.3) is 0 Å². The molecular weight excluding hydrogens is 314 g/mol. The minimum atomic E-state index is -0.371. The molecule has 1 unspecified atom stereocenters. The van der Waals surface area contributed by atoms with E-state index in [1.807, 2.05) is 31.0 Å². The second-order valence-corrected chi connectivity index (χ2v) is 5.57. The van der Waals surface area contributed by atoms with Gasteiger partial charge in [0.2, 0.25) is 0 Å². The quantitative estimate of drug-likeness (QED) is 0.680. The number of rotatable bonds is 4. The number of methoxy groups -OCH3 is 1. The first-order valence-electron chi connectivity index (χ1n) is 7.19. The summed E-state index contributed by atoms with van der Waals surface area (Å²) in [7, 11) is 3.23. The summed E-state index contributed by atoms with van der Waals surface area (Å²) in [6, 6.07) is 7.00. The molecule has 0 radical (unpaired) electrons. The third kappa shape index (κ3) is 3.56. The summed E-state index contributed by atoms with van der Waals surface area (Å²) in [6.45, 7) is 6.04. The molecule has 23 heavy (non-hydrogen) atoms. The van der Waals surface area contributed by atoms with Crippen LogP contribution in [0.1, 0.15) is 18.5 Å². The summed E-state index contributed by atoms with van der Waals surface area (Å²) < 4.78 is 4.95. The summed E-state index contributed by atoms with van der Waals surface area (Å²) in [6.07, 6.45) is 1.72. The fourth-order valence-corrected chi connectivity index (χ4v) is 2.56. The Balaban J connectivity index is 2.52. The van der Waals surface area contributed by atoms with Crippen LogP contribution in [0.25, 0.3) is 0 Å². The number of hydrogen-bond donors (Lipinski definition) is 1. The zero-order valence-corrected chi connectivity index (χ0v) is 14.2. The smallest absolute Gasteiger partial charge is 0.337 e. The standard InChI is InChI=1S/C17H20ClN3O2/c1-5-10-19-17-20-15(12-6-8-13(18)9-7-12)14(16(22)23-4)11(2)21(17)3/h5-9,15H,1,10H2,2-4H3,(H,19,20). The minimum Gasteiger partial charge on any atom is -0.466 e. The maximum atomic E-state index is 12.3. The first-order valence-corrected chi connectivity index (χ1v) is 7.57. The van der Waals surface area contributed by atoms with E-state index in [1.165, 1.54) is 7.11 Å². The number of nitrogens with one attached hydrogen (secondary N) is 1. The normalized spacial score (nSPS) is 19.6. The van der Waals surface area contributed by atoms with Crippen molar-refractivity contribution < 1.29 is 9.53 Å². The number of carbonyl (C=O) groups is 1. The predicted octanol–water partition coefficient (Wildman–Crippen LogP) is 2.91. The van der Waals surface area contributed by atoms with E-state index in [0.717, 1.165) is 11.3 Å². The Morgan fingerprint density at radius 3 is 2.70 bits per heavy atom. The minimum absolute atomic E-state index is 0.348. The van der Waals surface area contributed by atoms with Crippen LogP contribution in [0.15, 0.2) is 53.2 Å². The van der Waals surface area contributed by atoms with E-state index in [2.05, 4.69) is 16.9 Å². The van der Waals surface area contributed by atoms with E-state index in [1.54, 1.807) is 18.2 Å². The fourth-order valence-electron chi connectivity index (χ4n) is 2.43. The second-order valence-electron chi connectivity index (χ2n) is 5.13. The van der Waals surface area contributed by atoms with Gasteiger partial charge in [0.15, 0.2) is 5.96 Å². The third-order valence-electron chi connectivity index (χ3n) is 3.75. The number of ether oxygens (including phenoxy) is 1. The number of allylic oxidation sites excluding steroid dienone is 1. The highest BCUT2D eigenvalue weighted by Crippen LogP contribution is 2.31. The van der Waals surface area contributed by atoms with Crippen molar-refractivity contribution in [3.8, 4) is 0 Å². The van der Waals surface area contributed by atoms with Gasteiger partial charge in [0, 0.05) is 17.8 Å². The Morgan fingerprint density at radius 1 is 1.48 bits per heavy atom. The average molecular weight is 334 g/mol. The lowest BCUT2D eigenvalue weighted by atomic mass is 9.95. The molecule has 0 aromatic heterocycles. The Hall–Kier alpha value is -2.27. The molecule has 1 N–H and O–H groups in total. The number of esters is 1. The van der Waals surface area contributed by atoms with Crippen molar-refractivity contribution in [2.24, 2.45) is 4.99 Å². The molecule has 5 nitrogen and oxygen atoms in total. The Bertz CT molecular complexity index is 665. The molecule has 0 aliphatic carbocycles. The van der Waals surface area contributed by atoms with Gasteiger partial charge in [-0.2, -0.15) is 0 Å². The summed E-state index contributed by atoms with van der Waals surface area (Å²) in [4.78, 5) is 18.5. The molecule has 1 aliphatic heterocycles. The van der Waals surface area contributed by atoms with E-state index in [9.17, 15) is 4.79 Å². The van der Waals surface area contributed by atoms with Crippen LogP contribution in [-0.2, 0) is 9.53 Å². The van der Waals surface area contributed by atoms with Crippen molar-refractivity contribution in [1.29, 1.82) is 0 Å². The largest absolute Gasteiger partial charge is 0.466 e. The average Bonchev–Trinajstić information content (AvgIpc) is 2.56. The molecule has 0 saturated carbocycles. The molecule has 0 amide bonds. The highest BCUT2D eigenvalue weighted by molar-refractivity contribution is 6.30. The molecule has 1 aromatic rings. The molecule has 6 heteroatoms. The van der Waals surface area contributed by atoms with Crippen LogP contribution >= 0.6 is 11.6 Å². The first-order chi connectivity index (χ1) is 11.0. The Kier molecular flexibility index (Phi) is 5.45. The highest BCUT2D eigenvalue weighted by Gasteiger charge is 2.33. The van der Waals surface area contributed by atoms with Gasteiger partial charge in [0.05, 0.1) is 25.3 Å². The summed E-state index contributed by atoms with van der Waals surface area (Å²) in [5.74, 6) is 0.305. The Morgan fingerprint density at radius 2 is 2.13 bits per heavy atom. The molecule has 1 aliphatic rings. The number of benzene rings is 1. The highest BCUT2D eigenvalue weighted by atomic mass is 35.5. The third-order valence-corrected chi connectivity index (χ3v) is 4.00. The second kappa shape index (κ2) is 7.33. The molecule has 1 aromatic carbocycles. The summed E-state index contributed by atoms with van der Waals surface area (Å²) in [5.41, 5.74) is 2.25. The topological polar surface area (TPSA) is 53.9 Å². The van der Waals surface area contributed by atoms with Crippen LogP contribution in [0.2, 0.25) is 5.02 Å². The number of carbonyl (C=O) groups excluding carboxylic acids is 1. The van der Waals surface area contributed by atoms with Gasteiger partial charge >= 0.3 is 5.97 Å². The maximum Gasteiger partial charge on any atom is 0.337 e. The van der Waals surface area contributed by atoms with Crippen molar-refractivity contribution >= 4 is 23.5 Å². The Labute approximate surface area is 141 Å². The van der Waals surface area contributed by atoms with Gasteiger partial charge in [-0.25, -0.2) is 9.79 Å². The molecule has 0 spiro atoms. The molecule has 0 fully saturated rings. The number of nitrogens with zero attached hydrogens (tertiary/aromatic N) is 2. The van der Waals surface area contributed by atoms with Crippen molar-refractivity contribution in [1.82, 2.24) is 10.2 Å². The van der Waals surface area contributed by atoms with Gasteiger partial charge in [-0.1, -0.05) is 29.8 Å². The fraction of sp³-hybridized carbons (Fsp3) is 0.294. The molecule has 122 valence electrons. The van der Waals surface area contributed by atoms with Gasteiger partial charge in [-0.05, 0) is 24.6 Å². The number of guanidine groups is 1. The van der Waals surface area contributed by atoms with Crippen molar-refractivity contribution in [2.75, 3.05) is 20.7 Å². The molecular formula is C17H20ClN3O2. The van der Waals surface area contributed by atoms with Gasteiger partial charge in [-0.15, -0.1) is 6.58 Å². The summed E-state index contributed by atoms with van der Waals surface area (Å²) >= 11 is 5.96. The maximum absolute atomic E-state index is 12.3. The molecule has 0 saturated heterocycles. The summed E-state index contributed by atoms with van der Waals surface area (Å²) in [5, 5.41) is 3.94. The van der Waals surface area contributed by atoms with Crippen LogP contribution in [0.5, 0.6) is 0 Å². The predicted molar refractivity (Wildman–Crippen MR) is 92.3 cm³/mol. The van der Waals surface area contributed by atoms with Crippen LogP contribution < -0.4 is 5.32 Å². The van der Waals surface area contributed by atoms with Gasteiger partial charge in [-0.3, -0.25) is 0 Å². The number of aliphatic imine (C=N–C) groups is 1. The molecule has 1 heterocycles. The van der Waals surface area contributed by atoms with E-state index in [0.29, 0.717) is 23.1 Å². The van der Waals surface area contributed by atoms with Crippen LogP contribution in [0.4, 0.5) is 0 Å². The van der Waals surface area contributed by atoms with Crippen molar-refractivity contribution in [3.05, 3.63) is 58.8 Å². The lowest BCUT2D eigenvalue weighted by molar-refractivity contribution is -0.136. The van der Waals surface area contributed by atoms with Gasteiger partial charge < -0.3 is 15.0 Å². The number of hydrogen-bond acceptors (Lipinski definition) is 3. The van der Waals surface area contributed by atoms with E-state index in [4.69, 9.17) is 16.3 Å². The first kappa shape index (κ1) is 17.1. The van der Waals surface area contributed by atoms with Crippen molar-refractivity contribution in [2.45, 2.75) is 13.0 Å². The molecule has 1 atom stereocenters. The van der Waals surface area contributed by atoms with E-state index < -0.39 is 0 Å². The van der Waals surface area contributed by atoms with Crippen LogP contribution in [0, 0.1) is 0 Å². The zero-order chi connectivity index (χ0) is 17.0. The molecule has 2 rings (SSSR count). The monoisotopic (exact) mass is 333 g/mol. The zero-order valence-electron chi connectivity index (χ0n) is 13.5. The van der Waals surface area contributed by atoms with Crippen LogP contribution in [-0.4, -0.2) is 37.5 Å². The van der Waals surface area contributed by atoms with Crippen molar-refractivity contribution in [3.63, 3.8) is 0 Å². The lowest BCUT2D eigenvalue weighted by Gasteiger charge is -2.35. The van der Waals surface area contributed by atoms with E-state index >= 15 is 0 Å². The van der Waals surface area contributed by atoms with E-state index in [-0.39, 0.29) is 12.0 Å². The van der Waals surface area contributed by atoms with Crippen LogP contribution in [0.3, 0.4) is 0 Å². The molecule has 0 bridgehead atoms. The lowest BCUT2D eigenvalue weighted by Crippen LogP contribution is -2.47. The SMILES string of the molecule is C=CCN=C1NC(c2ccc(Cl)cc2)C(C(=O)OC)=C(C)N1C. The van der Waals surface area contributed by atoms with Gasteiger partial charge in [0.1, 0.15) is 0 Å².